The van der Waals surface area contributed by atoms with Gasteiger partial charge in [-0.25, -0.2) is 4.79 Å². The molecule has 2 atom stereocenters. The third kappa shape index (κ3) is 4.31. The number of ether oxygens (including phenoxy) is 2. The Morgan fingerprint density at radius 1 is 1.12 bits per heavy atom. The van der Waals surface area contributed by atoms with Crippen molar-refractivity contribution in [3.63, 3.8) is 0 Å². The number of rotatable bonds is 6. The summed E-state index contributed by atoms with van der Waals surface area (Å²) in [5.74, 6) is 0.122. The average Bonchev–Trinajstić information content (AvgIpc) is 3.53. The molecule has 1 saturated carbocycles. The molecule has 0 saturated heterocycles. The lowest BCUT2D eigenvalue weighted by Crippen LogP contribution is -2.36. The van der Waals surface area contributed by atoms with Gasteiger partial charge in [0.25, 0.3) is 0 Å². The van der Waals surface area contributed by atoms with Crippen LogP contribution in [-0.2, 0) is 14.3 Å². The van der Waals surface area contributed by atoms with Gasteiger partial charge < -0.3 is 14.8 Å². The van der Waals surface area contributed by atoms with E-state index in [2.05, 4.69) is 16.8 Å². The monoisotopic (exact) mass is 477 g/mol. The second kappa shape index (κ2) is 9.79. The van der Waals surface area contributed by atoms with Gasteiger partial charge in [-0.15, -0.1) is 11.3 Å². The van der Waals surface area contributed by atoms with Crippen LogP contribution in [0.25, 0.3) is 0 Å². The SMILES string of the molecule is CCOc1ccccc1[C@@H]1C(C(=O)OC2CCCC2)=C(C)NC2=C1C(=O)C[C@@H](c1cccs1)C2. The quantitative estimate of drug-likeness (QED) is 0.518. The minimum Gasteiger partial charge on any atom is -0.494 e. The van der Waals surface area contributed by atoms with Crippen molar-refractivity contribution in [3.05, 3.63) is 74.8 Å². The minimum absolute atomic E-state index is 0.0452. The fourth-order valence-electron chi connectivity index (χ4n) is 5.57. The molecule has 5 nitrogen and oxygen atoms in total. The van der Waals surface area contributed by atoms with E-state index >= 15 is 0 Å². The molecular weight excluding hydrogens is 446 g/mol. The summed E-state index contributed by atoms with van der Waals surface area (Å²) in [6.07, 6.45) is 5.12. The van der Waals surface area contributed by atoms with Gasteiger partial charge in [-0.2, -0.15) is 0 Å². The highest BCUT2D eigenvalue weighted by molar-refractivity contribution is 7.10. The molecule has 0 unspecified atom stereocenters. The number of carbonyl (C=O) groups is 2. The van der Waals surface area contributed by atoms with Crippen molar-refractivity contribution in [2.75, 3.05) is 6.61 Å². The van der Waals surface area contributed by atoms with Crippen LogP contribution in [0, 0.1) is 0 Å². The second-order valence-electron chi connectivity index (χ2n) is 9.32. The fourth-order valence-corrected chi connectivity index (χ4v) is 6.40. The molecule has 0 radical (unpaired) electrons. The van der Waals surface area contributed by atoms with Gasteiger partial charge in [0.15, 0.2) is 5.78 Å². The largest absolute Gasteiger partial charge is 0.494 e. The lowest BCUT2D eigenvalue weighted by Gasteiger charge is -2.37. The van der Waals surface area contributed by atoms with Crippen molar-refractivity contribution >= 4 is 23.1 Å². The third-order valence-electron chi connectivity index (χ3n) is 7.10. The summed E-state index contributed by atoms with van der Waals surface area (Å²) in [6.45, 7) is 4.37. The summed E-state index contributed by atoms with van der Waals surface area (Å²) in [4.78, 5) is 28.5. The molecule has 2 aliphatic carbocycles. The Morgan fingerprint density at radius 3 is 2.65 bits per heavy atom. The highest BCUT2D eigenvalue weighted by atomic mass is 32.1. The summed E-state index contributed by atoms with van der Waals surface area (Å²) >= 11 is 1.69. The van der Waals surface area contributed by atoms with Crippen LogP contribution in [0.2, 0.25) is 0 Å². The van der Waals surface area contributed by atoms with Gasteiger partial charge in [0.1, 0.15) is 11.9 Å². The number of para-hydroxylation sites is 1. The second-order valence-corrected chi connectivity index (χ2v) is 10.3. The average molecular weight is 478 g/mol. The maximum atomic E-state index is 13.7. The van der Waals surface area contributed by atoms with E-state index in [0.29, 0.717) is 29.9 Å². The first kappa shape index (κ1) is 22.9. The maximum Gasteiger partial charge on any atom is 0.337 e. The fraction of sp³-hybridized carbons (Fsp3) is 0.429. The zero-order valence-corrected chi connectivity index (χ0v) is 20.6. The van der Waals surface area contributed by atoms with E-state index in [-0.39, 0.29) is 23.8 Å². The normalized spacial score (nSPS) is 23.1. The summed E-state index contributed by atoms with van der Waals surface area (Å²) in [7, 11) is 0. The minimum atomic E-state index is -0.496. The highest BCUT2D eigenvalue weighted by Crippen LogP contribution is 2.48. The van der Waals surface area contributed by atoms with E-state index in [9.17, 15) is 9.59 Å². The van der Waals surface area contributed by atoms with E-state index in [1.807, 2.05) is 44.2 Å². The van der Waals surface area contributed by atoms with Gasteiger partial charge in [-0.1, -0.05) is 24.3 Å². The van der Waals surface area contributed by atoms with Gasteiger partial charge in [-0.05, 0) is 63.5 Å². The smallest absolute Gasteiger partial charge is 0.337 e. The summed E-state index contributed by atoms with van der Waals surface area (Å²) in [5, 5.41) is 5.51. The number of allylic oxidation sites excluding steroid dienone is 3. The van der Waals surface area contributed by atoms with Crippen molar-refractivity contribution in [1.29, 1.82) is 0 Å². The molecule has 0 amide bonds. The van der Waals surface area contributed by atoms with Gasteiger partial charge in [0.2, 0.25) is 0 Å². The Morgan fingerprint density at radius 2 is 1.91 bits per heavy atom. The zero-order chi connectivity index (χ0) is 23.7. The summed E-state index contributed by atoms with van der Waals surface area (Å²) in [6, 6.07) is 11.9. The molecular formula is C28H31NO4S. The number of carbonyl (C=O) groups excluding carboxylic acids is 2. The molecule has 2 heterocycles. The first-order chi connectivity index (χ1) is 16.6. The van der Waals surface area contributed by atoms with E-state index in [4.69, 9.17) is 9.47 Å². The predicted octanol–water partition coefficient (Wildman–Crippen LogP) is 5.99. The van der Waals surface area contributed by atoms with Gasteiger partial charge in [0, 0.05) is 39.7 Å². The number of thiophene rings is 1. The number of ketones is 1. The molecule has 5 rings (SSSR count). The highest BCUT2D eigenvalue weighted by Gasteiger charge is 2.43. The first-order valence-electron chi connectivity index (χ1n) is 12.3. The Bertz CT molecular complexity index is 1140. The topological polar surface area (TPSA) is 64.6 Å². The molecule has 1 aromatic carbocycles. The number of esters is 1. The van der Waals surface area contributed by atoms with Crippen LogP contribution in [0.4, 0.5) is 0 Å². The summed E-state index contributed by atoms with van der Waals surface area (Å²) < 4.78 is 11.9. The van der Waals surface area contributed by atoms with Gasteiger partial charge >= 0.3 is 5.97 Å². The molecule has 178 valence electrons. The molecule has 0 spiro atoms. The molecule has 1 aromatic heterocycles. The first-order valence-corrected chi connectivity index (χ1v) is 13.1. The number of dihydropyridines is 1. The van der Waals surface area contributed by atoms with Crippen LogP contribution in [0.1, 0.15) is 74.6 Å². The maximum absolute atomic E-state index is 13.7. The molecule has 1 aliphatic heterocycles. The van der Waals surface area contributed by atoms with Crippen molar-refractivity contribution in [1.82, 2.24) is 5.32 Å². The molecule has 1 N–H and O–H groups in total. The molecule has 3 aliphatic rings. The van der Waals surface area contributed by atoms with Crippen LogP contribution in [0.5, 0.6) is 5.75 Å². The van der Waals surface area contributed by atoms with Gasteiger partial charge in [-0.3, -0.25) is 4.79 Å². The lowest BCUT2D eigenvalue weighted by atomic mass is 9.72. The van der Waals surface area contributed by atoms with Crippen molar-refractivity contribution in [2.24, 2.45) is 0 Å². The van der Waals surface area contributed by atoms with E-state index in [1.165, 1.54) is 4.88 Å². The molecule has 0 bridgehead atoms. The number of nitrogens with one attached hydrogen (secondary N) is 1. The number of hydrogen-bond acceptors (Lipinski definition) is 6. The van der Waals surface area contributed by atoms with Crippen LogP contribution in [-0.4, -0.2) is 24.5 Å². The van der Waals surface area contributed by atoms with Crippen LogP contribution < -0.4 is 10.1 Å². The Hall–Kier alpha value is -2.86. The van der Waals surface area contributed by atoms with Crippen LogP contribution in [0.15, 0.2) is 64.3 Å². The van der Waals surface area contributed by atoms with Crippen molar-refractivity contribution in [2.45, 2.75) is 70.3 Å². The predicted molar refractivity (Wildman–Crippen MR) is 133 cm³/mol. The lowest BCUT2D eigenvalue weighted by molar-refractivity contribution is -0.144. The Kier molecular flexibility index (Phi) is 6.59. The van der Waals surface area contributed by atoms with E-state index in [0.717, 1.165) is 49.1 Å². The van der Waals surface area contributed by atoms with Gasteiger partial charge in [0.05, 0.1) is 18.1 Å². The van der Waals surface area contributed by atoms with Crippen LogP contribution in [0.3, 0.4) is 0 Å². The number of hydrogen-bond donors (Lipinski definition) is 1. The van der Waals surface area contributed by atoms with E-state index < -0.39 is 5.92 Å². The van der Waals surface area contributed by atoms with E-state index in [1.54, 1.807) is 11.3 Å². The molecule has 6 heteroatoms. The molecule has 34 heavy (non-hydrogen) atoms. The van der Waals surface area contributed by atoms with Crippen LogP contribution >= 0.6 is 11.3 Å². The standard InChI is InChI=1S/C28H31NO4S/c1-3-32-23-12-7-6-11-20(23)26-25(28(31)33-19-9-4-5-10-19)17(2)29-21-15-18(16-22(30)27(21)26)24-13-8-14-34-24/h6-8,11-14,18-19,26,29H,3-5,9-10,15-16H2,1-2H3/t18-,26+/m0/s1. The third-order valence-corrected chi connectivity index (χ3v) is 8.13. The zero-order valence-electron chi connectivity index (χ0n) is 19.8. The Labute approximate surface area is 204 Å². The van der Waals surface area contributed by atoms with Crippen molar-refractivity contribution < 1.29 is 19.1 Å². The summed E-state index contributed by atoms with van der Waals surface area (Å²) in [5.41, 5.74) is 3.74. The molecule has 1 fully saturated rings. The Balaban J connectivity index is 1.58. The number of Topliss-reactive ketones (excluding diaryl/α,β-unsaturated/α-hetero) is 1. The van der Waals surface area contributed by atoms with Crippen molar-refractivity contribution in [3.8, 4) is 5.75 Å². The number of benzene rings is 1. The molecule has 2 aromatic rings.